The quantitative estimate of drug-likeness (QED) is 0.497. The summed E-state index contributed by atoms with van der Waals surface area (Å²) < 4.78 is 0. The zero-order chi connectivity index (χ0) is 18.4. The van der Waals surface area contributed by atoms with Crippen molar-refractivity contribution in [2.24, 2.45) is 4.99 Å². The molecule has 0 atom stereocenters. The normalized spacial score (nSPS) is 11.6. The molecule has 0 spiro atoms. The second-order valence-electron chi connectivity index (χ2n) is 5.75. The van der Waals surface area contributed by atoms with E-state index in [0.717, 1.165) is 33.7 Å². The lowest BCUT2D eigenvalue weighted by atomic mass is 10.2. The molecule has 0 saturated heterocycles. The molecule has 2 aromatic heterocycles. The van der Waals surface area contributed by atoms with Crippen LogP contribution >= 0.6 is 22.7 Å². The number of hydrogen-bond donors (Lipinski definition) is 2. The Morgan fingerprint density at radius 1 is 1.12 bits per heavy atom. The molecule has 0 aliphatic rings. The molecule has 0 amide bonds. The van der Waals surface area contributed by atoms with Gasteiger partial charge >= 0.3 is 0 Å². The van der Waals surface area contributed by atoms with E-state index in [0.29, 0.717) is 13.1 Å². The van der Waals surface area contributed by atoms with Gasteiger partial charge in [-0.1, -0.05) is 37.3 Å². The predicted octanol–water partition coefficient (Wildman–Crippen LogP) is 4.00. The maximum Gasteiger partial charge on any atom is 0.191 e. The van der Waals surface area contributed by atoms with Gasteiger partial charge in [0.25, 0.3) is 0 Å². The summed E-state index contributed by atoms with van der Waals surface area (Å²) in [5.41, 5.74) is 2.22. The summed E-state index contributed by atoms with van der Waals surface area (Å²) in [6.45, 7) is 5.58. The number of aromatic nitrogens is 2. The number of benzene rings is 1. The van der Waals surface area contributed by atoms with Crippen LogP contribution in [0, 0.1) is 6.92 Å². The number of hydrogen-bond acceptors (Lipinski definition) is 5. The molecule has 136 valence electrons. The van der Waals surface area contributed by atoms with E-state index in [1.807, 2.05) is 24.4 Å². The molecule has 5 nitrogen and oxygen atoms in total. The molecular weight excluding hydrogens is 362 g/mol. The van der Waals surface area contributed by atoms with E-state index >= 15 is 0 Å². The Kier molecular flexibility index (Phi) is 6.35. The summed E-state index contributed by atoms with van der Waals surface area (Å²) in [7, 11) is 1.78. The summed E-state index contributed by atoms with van der Waals surface area (Å²) in [4.78, 5) is 15.9. The summed E-state index contributed by atoms with van der Waals surface area (Å²) >= 11 is 3.46. The zero-order valence-electron chi connectivity index (χ0n) is 15.2. The molecule has 2 N–H and O–H groups in total. The fraction of sp³-hybridized carbons (Fsp3) is 0.316. The Balaban J connectivity index is 1.57. The largest absolute Gasteiger partial charge is 0.351 e. The molecule has 0 saturated carbocycles. The lowest BCUT2D eigenvalue weighted by Crippen LogP contribution is -2.36. The Labute approximate surface area is 162 Å². The second kappa shape index (κ2) is 8.91. The molecule has 7 heteroatoms. The van der Waals surface area contributed by atoms with Crippen molar-refractivity contribution < 1.29 is 0 Å². The topological polar surface area (TPSA) is 62.2 Å². The molecule has 0 bridgehead atoms. The highest BCUT2D eigenvalue weighted by atomic mass is 32.1. The Bertz CT molecular complexity index is 867. The summed E-state index contributed by atoms with van der Waals surface area (Å²) in [6, 6.07) is 10.3. The van der Waals surface area contributed by atoms with Crippen LogP contribution < -0.4 is 10.6 Å². The highest BCUT2D eigenvalue weighted by molar-refractivity contribution is 7.15. The number of aryl methyl sites for hydroxylation is 2. The van der Waals surface area contributed by atoms with Crippen molar-refractivity contribution in [3.63, 3.8) is 0 Å². The summed E-state index contributed by atoms with van der Waals surface area (Å²) in [5, 5.41) is 8.82. The van der Waals surface area contributed by atoms with Crippen LogP contribution in [0.4, 0.5) is 0 Å². The molecule has 0 aliphatic carbocycles. The highest BCUT2D eigenvalue weighted by Crippen LogP contribution is 2.27. The minimum Gasteiger partial charge on any atom is -0.351 e. The summed E-state index contributed by atoms with van der Waals surface area (Å²) in [5.74, 6) is 0.771. The number of rotatable bonds is 6. The van der Waals surface area contributed by atoms with Crippen LogP contribution in [-0.2, 0) is 19.5 Å². The van der Waals surface area contributed by atoms with Crippen LogP contribution in [0.15, 0.2) is 41.5 Å². The monoisotopic (exact) mass is 385 g/mol. The predicted molar refractivity (Wildman–Crippen MR) is 111 cm³/mol. The fourth-order valence-corrected chi connectivity index (χ4v) is 4.24. The average molecular weight is 386 g/mol. The van der Waals surface area contributed by atoms with E-state index < -0.39 is 0 Å². The smallest absolute Gasteiger partial charge is 0.191 e. The van der Waals surface area contributed by atoms with Crippen LogP contribution in [0.3, 0.4) is 0 Å². The lowest BCUT2D eigenvalue weighted by Gasteiger charge is -2.10. The van der Waals surface area contributed by atoms with E-state index in [2.05, 4.69) is 46.6 Å². The Morgan fingerprint density at radius 3 is 2.58 bits per heavy atom. The zero-order valence-corrected chi connectivity index (χ0v) is 16.9. The highest BCUT2D eigenvalue weighted by Gasteiger charge is 2.10. The van der Waals surface area contributed by atoms with E-state index in [9.17, 15) is 0 Å². The second-order valence-corrected chi connectivity index (χ2v) is 8.03. The van der Waals surface area contributed by atoms with Gasteiger partial charge in [0.1, 0.15) is 10.0 Å². The minimum absolute atomic E-state index is 0.682. The molecule has 0 unspecified atom stereocenters. The lowest BCUT2D eigenvalue weighted by molar-refractivity contribution is 0.807. The molecule has 0 radical (unpaired) electrons. The maximum atomic E-state index is 4.70. The number of nitrogens with zero attached hydrogens (tertiary/aromatic N) is 3. The van der Waals surface area contributed by atoms with Crippen LogP contribution in [0.1, 0.15) is 27.4 Å². The molecule has 3 rings (SSSR count). The number of guanidine groups is 1. The van der Waals surface area contributed by atoms with Gasteiger partial charge in [-0.05, 0) is 13.3 Å². The van der Waals surface area contributed by atoms with E-state index in [1.165, 1.54) is 9.75 Å². The molecule has 0 fully saturated rings. The molecule has 2 heterocycles. The van der Waals surface area contributed by atoms with E-state index in [4.69, 9.17) is 4.98 Å². The first-order valence-corrected chi connectivity index (χ1v) is 10.2. The standard InChI is InChI=1S/C19H23N5S2/c1-4-15-10-21-17(25-15)12-23-19(20-3)22-11-16-13(2)24-18(26-16)14-8-6-5-7-9-14/h5-10H,4,11-12H2,1-3H3,(H2,20,22,23). The van der Waals surface area contributed by atoms with Crippen molar-refractivity contribution in [3.05, 3.63) is 57.0 Å². The van der Waals surface area contributed by atoms with Gasteiger partial charge < -0.3 is 10.6 Å². The average Bonchev–Trinajstić information content (AvgIpc) is 3.29. The van der Waals surface area contributed by atoms with Crippen molar-refractivity contribution in [2.75, 3.05) is 7.05 Å². The Hall–Kier alpha value is -2.25. The third-order valence-corrected chi connectivity index (χ3v) is 6.26. The van der Waals surface area contributed by atoms with Gasteiger partial charge in [0.15, 0.2) is 5.96 Å². The first-order valence-electron chi connectivity index (χ1n) is 8.59. The van der Waals surface area contributed by atoms with Crippen LogP contribution in [0.5, 0.6) is 0 Å². The summed E-state index contributed by atoms with van der Waals surface area (Å²) in [6.07, 6.45) is 2.97. The van der Waals surface area contributed by atoms with Crippen molar-refractivity contribution >= 4 is 28.6 Å². The third kappa shape index (κ3) is 4.68. The van der Waals surface area contributed by atoms with Gasteiger partial charge in [0.05, 0.1) is 18.8 Å². The van der Waals surface area contributed by atoms with Crippen molar-refractivity contribution in [2.45, 2.75) is 33.4 Å². The van der Waals surface area contributed by atoms with Crippen LogP contribution in [0.25, 0.3) is 10.6 Å². The van der Waals surface area contributed by atoms with Gasteiger partial charge in [-0.15, -0.1) is 22.7 Å². The van der Waals surface area contributed by atoms with Crippen molar-refractivity contribution in [1.29, 1.82) is 0 Å². The van der Waals surface area contributed by atoms with Gasteiger partial charge in [-0.3, -0.25) is 4.99 Å². The van der Waals surface area contributed by atoms with Crippen LogP contribution in [-0.4, -0.2) is 23.0 Å². The molecule has 1 aromatic carbocycles. The Morgan fingerprint density at radius 2 is 1.88 bits per heavy atom. The molecule has 26 heavy (non-hydrogen) atoms. The SMILES string of the molecule is CCc1cnc(CNC(=NC)NCc2sc(-c3ccccc3)nc2C)s1. The number of thiazole rings is 2. The minimum atomic E-state index is 0.682. The van der Waals surface area contributed by atoms with Crippen LogP contribution in [0.2, 0.25) is 0 Å². The van der Waals surface area contributed by atoms with Gasteiger partial charge in [-0.25, -0.2) is 9.97 Å². The van der Waals surface area contributed by atoms with Gasteiger partial charge in [-0.2, -0.15) is 0 Å². The maximum absolute atomic E-state index is 4.70. The number of aliphatic imine (C=N–C) groups is 1. The molecular formula is C19H23N5S2. The van der Waals surface area contributed by atoms with Crippen molar-refractivity contribution in [1.82, 2.24) is 20.6 Å². The third-order valence-electron chi connectivity index (χ3n) is 3.91. The fourth-order valence-electron chi connectivity index (χ4n) is 2.43. The van der Waals surface area contributed by atoms with E-state index in [-0.39, 0.29) is 0 Å². The van der Waals surface area contributed by atoms with E-state index in [1.54, 1.807) is 29.7 Å². The molecule has 0 aliphatic heterocycles. The number of nitrogens with one attached hydrogen (secondary N) is 2. The first kappa shape index (κ1) is 18.5. The van der Waals surface area contributed by atoms with Crippen molar-refractivity contribution in [3.8, 4) is 10.6 Å². The molecule has 3 aromatic rings. The van der Waals surface area contributed by atoms with Gasteiger partial charge in [0, 0.05) is 28.6 Å². The van der Waals surface area contributed by atoms with Gasteiger partial charge in [0.2, 0.25) is 0 Å². The first-order chi connectivity index (χ1) is 12.7.